The van der Waals surface area contributed by atoms with Gasteiger partial charge in [-0.1, -0.05) is 0 Å². The molecule has 6 heteroatoms. The molecule has 1 aromatic rings. The van der Waals surface area contributed by atoms with Gasteiger partial charge in [-0.2, -0.15) is 5.10 Å². The molecule has 3 atom stereocenters. The topological polar surface area (TPSA) is 71.5 Å². The third kappa shape index (κ3) is 2.91. The molecule has 3 unspecified atom stereocenters. The lowest BCUT2D eigenvalue weighted by Gasteiger charge is -2.41. The molecule has 19 heavy (non-hydrogen) atoms. The number of hydrogen-bond donors (Lipinski definition) is 1. The summed E-state index contributed by atoms with van der Waals surface area (Å²) in [5.41, 5.74) is 7.88. The lowest BCUT2D eigenvalue weighted by molar-refractivity contribution is -0.107. The van der Waals surface area contributed by atoms with Crippen molar-refractivity contribution < 1.29 is 14.2 Å². The Morgan fingerprint density at radius 2 is 2.11 bits per heavy atom. The number of rotatable bonds is 6. The number of aryl methyl sites for hydroxylation is 2. The predicted octanol–water partition coefficient (Wildman–Crippen LogP) is 0.547. The standard InChI is InChI=1S/C13H23N3O3/c1-8-12(9(2)16(3)15-8)19-11-7-10(14)13(11)18-6-5-17-4/h10-11,13H,5-7,14H2,1-4H3. The van der Waals surface area contributed by atoms with Crippen molar-refractivity contribution in [2.75, 3.05) is 20.3 Å². The van der Waals surface area contributed by atoms with Gasteiger partial charge < -0.3 is 19.9 Å². The number of aromatic nitrogens is 2. The van der Waals surface area contributed by atoms with E-state index in [1.807, 2.05) is 25.6 Å². The van der Waals surface area contributed by atoms with Crippen LogP contribution in [0.15, 0.2) is 0 Å². The van der Waals surface area contributed by atoms with Crippen LogP contribution in [0.3, 0.4) is 0 Å². The summed E-state index contributed by atoms with van der Waals surface area (Å²) in [6.07, 6.45) is 0.758. The minimum Gasteiger partial charge on any atom is -0.484 e. The van der Waals surface area contributed by atoms with Crippen LogP contribution in [0.1, 0.15) is 17.8 Å². The Bertz CT molecular complexity index is 433. The predicted molar refractivity (Wildman–Crippen MR) is 71.3 cm³/mol. The monoisotopic (exact) mass is 269 g/mol. The van der Waals surface area contributed by atoms with Crippen LogP contribution in [0.25, 0.3) is 0 Å². The molecule has 0 bridgehead atoms. The van der Waals surface area contributed by atoms with Crippen molar-refractivity contribution >= 4 is 0 Å². The highest BCUT2D eigenvalue weighted by Gasteiger charge is 2.42. The van der Waals surface area contributed by atoms with Gasteiger partial charge >= 0.3 is 0 Å². The summed E-state index contributed by atoms with van der Waals surface area (Å²) >= 11 is 0. The molecule has 0 amide bonds. The van der Waals surface area contributed by atoms with Gasteiger partial charge in [-0.3, -0.25) is 4.68 Å². The van der Waals surface area contributed by atoms with Crippen molar-refractivity contribution in [1.82, 2.24) is 9.78 Å². The van der Waals surface area contributed by atoms with Crippen molar-refractivity contribution in [3.8, 4) is 5.75 Å². The third-order valence-corrected chi connectivity index (χ3v) is 3.60. The van der Waals surface area contributed by atoms with Crippen molar-refractivity contribution in [3.63, 3.8) is 0 Å². The molecule has 1 heterocycles. The van der Waals surface area contributed by atoms with Gasteiger partial charge in [0.15, 0.2) is 5.75 Å². The van der Waals surface area contributed by atoms with E-state index in [-0.39, 0.29) is 18.2 Å². The molecule has 6 nitrogen and oxygen atoms in total. The second-order valence-corrected chi connectivity index (χ2v) is 5.01. The Hall–Kier alpha value is -1.11. The molecular formula is C13H23N3O3. The molecule has 0 aliphatic heterocycles. The first kappa shape index (κ1) is 14.3. The number of nitrogens with zero attached hydrogens (tertiary/aromatic N) is 2. The first-order chi connectivity index (χ1) is 9.04. The summed E-state index contributed by atoms with van der Waals surface area (Å²) in [7, 11) is 3.56. The van der Waals surface area contributed by atoms with Crippen LogP contribution in [0.4, 0.5) is 0 Å². The Labute approximate surface area is 113 Å². The molecule has 2 N–H and O–H groups in total. The van der Waals surface area contributed by atoms with E-state index in [2.05, 4.69) is 5.10 Å². The number of methoxy groups -OCH3 is 1. The highest BCUT2D eigenvalue weighted by atomic mass is 16.6. The minimum atomic E-state index is -0.0610. The second-order valence-electron chi connectivity index (χ2n) is 5.01. The quantitative estimate of drug-likeness (QED) is 0.763. The van der Waals surface area contributed by atoms with E-state index in [1.54, 1.807) is 7.11 Å². The van der Waals surface area contributed by atoms with Gasteiger partial charge in [-0.05, 0) is 13.8 Å². The van der Waals surface area contributed by atoms with E-state index >= 15 is 0 Å². The Balaban J connectivity index is 1.95. The van der Waals surface area contributed by atoms with Crippen LogP contribution in [-0.2, 0) is 16.5 Å². The fraction of sp³-hybridized carbons (Fsp3) is 0.769. The van der Waals surface area contributed by atoms with Crippen LogP contribution in [0, 0.1) is 13.8 Å². The molecule has 1 aliphatic carbocycles. The van der Waals surface area contributed by atoms with Gasteiger partial charge in [0.2, 0.25) is 0 Å². The molecule has 2 rings (SSSR count). The molecule has 108 valence electrons. The van der Waals surface area contributed by atoms with Crippen LogP contribution >= 0.6 is 0 Å². The van der Waals surface area contributed by atoms with Gasteiger partial charge in [0.05, 0.1) is 18.9 Å². The molecule has 0 spiro atoms. The fourth-order valence-electron chi connectivity index (χ4n) is 2.31. The largest absolute Gasteiger partial charge is 0.484 e. The summed E-state index contributed by atoms with van der Waals surface area (Å²) in [6, 6.07) is 0.0409. The highest BCUT2D eigenvalue weighted by Crippen LogP contribution is 2.31. The van der Waals surface area contributed by atoms with E-state index in [9.17, 15) is 0 Å². The molecular weight excluding hydrogens is 246 g/mol. The van der Waals surface area contributed by atoms with Crippen molar-refractivity contribution in [1.29, 1.82) is 0 Å². The second kappa shape index (κ2) is 5.90. The van der Waals surface area contributed by atoms with E-state index in [0.29, 0.717) is 13.2 Å². The molecule has 1 fully saturated rings. The molecule has 0 radical (unpaired) electrons. The molecule has 0 saturated heterocycles. The van der Waals surface area contributed by atoms with Crippen molar-refractivity contribution in [2.45, 2.75) is 38.5 Å². The number of ether oxygens (including phenoxy) is 3. The number of hydrogen-bond acceptors (Lipinski definition) is 5. The first-order valence-electron chi connectivity index (χ1n) is 6.57. The minimum absolute atomic E-state index is 0.00783. The van der Waals surface area contributed by atoms with Crippen LogP contribution < -0.4 is 10.5 Å². The van der Waals surface area contributed by atoms with Crippen LogP contribution in [0.2, 0.25) is 0 Å². The zero-order valence-corrected chi connectivity index (χ0v) is 12.0. The van der Waals surface area contributed by atoms with E-state index in [1.165, 1.54) is 0 Å². The normalized spacial score (nSPS) is 26.3. The maximum atomic E-state index is 6.02. The van der Waals surface area contributed by atoms with E-state index < -0.39 is 0 Å². The van der Waals surface area contributed by atoms with Gasteiger partial charge in [0, 0.05) is 26.6 Å². The fourth-order valence-corrected chi connectivity index (χ4v) is 2.31. The molecule has 0 aromatic carbocycles. The zero-order valence-electron chi connectivity index (χ0n) is 12.0. The smallest absolute Gasteiger partial charge is 0.163 e. The first-order valence-corrected chi connectivity index (χ1v) is 6.57. The molecule has 1 aliphatic rings. The summed E-state index contributed by atoms with van der Waals surface area (Å²) in [6.45, 7) is 5.05. The third-order valence-electron chi connectivity index (χ3n) is 3.60. The summed E-state index contributed by atoms with van der Waals surface area (Å²) < 4.78 is 18.5. The molecule has 1 saturated carbocycles. The van der Waals surface area contributed by atoms with Crippen LogP contribution in [-0.4, -0.2) is 48.4 Å². The maximum Gasteiger partial charge on any atom is 0.163 e. The Morgan fingerprint density at radius 3 is 2.63 bits per heavy atom. The van der Waals surface area contributed by atoms with Gasteiger partial charge in [0.1, 0.15) is 17.9 Å². The Morgan fingerprint density at radius 1 is 1.37 bits per heavy atom. The summed E-state index contributed by atoms with van der Waals surface area (Å²) in [5.74, 6) is 0.847. The summed E-state index contributed by atoms with van der Waals surface area (Å²) in [5, 5.41) is 4.34. The average Bonchev–Trinajstić information content (AvgIpc) is 2.60. The lowest BCUT2D eigenvalue weighted by atomic mass is 9.86. The average molecular weight is 269 g/mol. The summed E-state index contributed by atoms with van der Waals surface area (Å²) in [4.78, 5) is 0. The SMILES string of the molecule is COCCOC1C(N)CC1Oc1c(C)nn(C)c1C. The van der Waals surface area contributed by atoms with E-state index in [0.717, 1.165) is 23.6 Å². The van der Waals surface area contributed by atoms with Crippen molar-refractivity contribution in [2.24, 2.45) is 12.8 Å². The Kier molecular flexibility index (Phi) is 4.44. The van der Waals surface area contributed by atoms with Crippen LogP contribution in [0.5, 0.6) is 5.75 Å². The maximum absolute atomic E-state index is 6.02. The van der Waals surface area contributed by atoms with Gasteiger partial charge in [-0.15, -0.1) is 0 Å². The van der Waals surface area contributed by atoms with Gasteiger partial charge in [-0.25, -0.2) is 0 Å². The molecule has 1 aromatic heterocycles. The number of nitrogens with two attached hydrogens (primary N) is 1. The zero-order chi connectivity index (χ0) is 14.0. The van der Waals surface area contributed by atoms with Crippen molar-refractivity contribution in [3.05, 3.63) is 11.4 Å². The van der Waals surface area contributed by atoms with Gasteiger partial charge in [0.25, 0.3) is 0 Å². The lowest BCUT2D eigenvalue weighted by Crippen LogP contribution is -2.59. The van der Waals surface area contributed by atoms with E-state index in [4.69, 9.17) is 19.9 Å². The highest BCUT2D eigenvalue weighted by molar-refractivity contribution is 5.32.